The second-order valence-corrected chi connectivity index (χ2v) is 11.7. The van der Waals surface area contributed by atoms with Crippen LogP contribution in [0.3, 0.4) is 0 Å². The Balaban J connectivity index is 1.49. The second-order valence-electron chi connectivity index (χ2n) is 7.93. The molecule has 31 heavy (non-hydrogen) atoms. The molecule has 2 aliphatic rings. The number of halogens is 4. The SMILES string of the molecule is FC(F)(F)c1ccc2c(c1)NCCC/C2=C\C1(Nc2ccc3cccnc3c2)CC[I-]1. The van der Waals surface area contributed by atoms with Crippen LogP contribution in [0, 0.1) is 0 Å². The minimum atomic E-state index is -4.33. The van der Waals surface area contributed by atoms with Gasteiger partial charge in [0.25, 0.3) is 0 Å². The molecule has 7 heteroatoms. The van der Waals surface area contributed by atoms with Crippen LogP contribution in [0.15, 0.2) is 60.8 Å². The molecule has 1 saturated heterocycles. The summed E-state index contributed by atoms with van der Waals surface area (Å²) in [6.45, 7) is 0.678. The van der Waals surface area contributed by atoms with Crippen molar-refractivity contribution in [3.05, 3.63) is 71.9 Å². The van der Waals surface area contributed by atoms with Crippen molar-refractivity contribution < 1.29 is 34.4 Å². The molecule has 2 aromatic carbocycles. The van der Waals surface area contributed by atoms with Crippen molar-refractivity contribution in [2.24, 2.45) is 0 Å². The number of benzene rings is 2. The predicted molar refractivity (Wildman–Crippen MR) is 115 cm³/mol. The van der Waals surface area contributed by atoms with Gasteiger partial charge in [0.2, 0.25) is 0 Å². The molecule has 3 heterocycles. The fraction of sp³-hybridized carbons (Fsp3) is 0.292. The van der Waals surface area contributed by atoms with Crippen LogP contribution in [-0.4, -0.2) is 19.5 Å². The summed E-state index contributed by atoms with van der Waals surface area (Å²) in [5.41, 5.74) is 4.01. The van der Waals surface area contributed by atoms with Crippen molar-refractivity contribution in [2.75, 3.05) is 21.6 Å². The molecule has 5 rings (SSSR count). The summed E-state index contributed by atoms with van der Waals surface area (Å²) >= 11 is -0.0916. The van der Waals surface area contributed by atoms with Crippen molar-refractivity contribution in [1.82, 2.24) is 4.98 Å². The quantitative estimate of drug-likeness (QED) is 0.307. The first-order valence-electron chi connectivity index (χ1n) is 10.3. The molecule has 3 aromatic rings. The number of anilines is 2. The molecule has 0 saturated carbocycles. The van der Waals surface area contributed by atoms with E-state index in [1.807, 2.05) is 12.1 Å². The van der Waals surface area contributed by atoms with Crippen LogP contribution in [-0.2, 0) is 6.18 Å². The molecule has 162 valence electrons. The van der Waals surface area contributed by atoms with Crippen LogP contribution in [0.4, 0.5) is 24.5 Å². The van der Waals surface area contributed by atoms with Gasteiger partial charge in [0, 0.05) is 0 Å². The van der Waals surface area contributed by atoms with Crippen LogP contribution in [0.2, 0.25) is 0 Å². The summed E-state index contributed by atoms with van der Waals surface area (Å²) in [5, 5.41) is 8.05. The zero-order valence-corrected chi connectivity index (χ0v) is 18.9. The molecule has 0 amide bonds. The van der Waals surface area contributed by atoms with E-state index in [-0.39, 0.29) is 24.8 Å². The molecular formula is C24H22F3IN3-. The van der Waals surface area contributed by atoms with E-state index in [1.54, 1.807) is 12.3 Å². The van der Waals surface area contributed by atoms with Crippen molar-refractivity contribution in [1.29, 1.82) is 0 Å². The molecule has 1 aromatic heterocycles. The van der Waals surface area contributed by atoms with E-state index in [0.29, 0.717) is 12.2 Å². The van der Waals surface area contributed by atoms with Crippen molar-refractivity contribution >= 4 is 27.9 Å². The zero-order chi connectivity index (χ0) is 21.5. The second kappa shape index (κ2) is 8.00. The Morgan fingerprint density at radius 2 is 2.00 bits per heavy atom. The number of fused-ring (bicyclic) bond motifs is 2. The number of nitrogens with one attached hydrogen (secondary N) is 2. The summed E-state index contributed by atoms with van der Waals surface area (Å²) in [6.07, 6.45) is 2.58. The van der Waals surface area contributed by atoms with Gasteiger partial charge >= 0.3 is 190 Å². The maximum atomic E-state index is 13.2. The van der Waals surface area contributed by atoms with Crippen LogP contribution in [0.25, 0.3) is 16.5 Å². The topological polar surface area (TPSA) is 37.0 Å². The number of hydrogen-bond donors (Lipinski definition) is 2. The fourth-order valence-electron chi connectivity index (χ4n) is 4.13. The number of alkyl halides is 5. The van der Waals surface area contributed by atoms with E-state index in [2.05, 4.69) is 39.9 Å². The summed E-state index contributed by atoms with van der Waals surface area (Å²) in [5.74, 6) is 0. The van der Waals surface area contributed by atoms with Gasteiger partial charge in [0.1, 0.15) is 0 Å². The number of rotatable bonds is 3. The molecule has 1 fully saturated rings. The van der Waals surface area contributed by atoms with Gasteiger partial charge in [0.05, 0.1) is 0 Å². The van der Waals surface area contributed by atoms with E-state index >= 15 is 0 Å². The number of nitrogens with zero attached hydrogens (tertiary/aromatic N) is 1. The van der Waals surface area contributed by atoms with Crippen molar-refractivity contribution in [3.63, 3.8) is 0 Å². The maximum absolute atomic E-state index is 13.2. The molecule has 2 N–H and O–H groups in total. The zero-order valence-electron chi connectivity index (χ0n) is 16.8. The van der Waals surface area contributed by atoms with E-state index in [1.165, 1.54) is 16.6 Å². The van der Waals surface area contributed by atoms with Gasteiger partial charge in [-0.1, -0.05) is 0 Å². The van der Waals surface area contributed by atoms with Gasteiger partial charge in [-0.3, -0.25) is 0 Å². The average molecular weight is 536 g/mol. The van der Waals surface area contributed by atoms with E-state index in [4.69, 9.17) is 0 Å². The van der Waals surface area contributed by atoms with E-state index in [0.717, 1.165) is 47.0 Å². The van der Waals surface area contributed by atoms with Gasteiger partial charge in [-0.15, -0.1) is 0 Å². The number of hydrogen-bond acceptors (Lipinski definition) is 3. The van der Waals surface area contributed by atoms with Crippen molar-refractivity contribution in [2.45, 2.75) is 29.0 Å². The Hall–Kier alpha value is -2.29. The summed E-state index contributed by atoms with van der Waals surface area (Å²) in [6, 6.07) is 14.3. The molecule has 0 spiro atoms. The Bertz CT molecular complexity index is 1150. The third-order valence-electron chi connectivity index (χ3n) is 5.78. The van der Waals surface area contributed by atoms with Gasteiger partial charge in [-0.25, -0.2) is 0 Å². The summed E-state index contributed by atoms with van der Waals surface area (Å²) < 4.78 is 40.7. The molecular weight excluding hydrogens is 514 g/mol. The Morgan fingerprint density at radius 1 is 1.13 bits per heavy atom. The fourth-order valence-corrected chi connectivity index (χ4v) is 6.93. The Kier molecular flexibility index (Phi) is 5.32. The van der Waals surface area contributed by atoms with Gasteiger partial charge in [-0.05, 0) is 0 Å². The minimum absolute atomic E-state index is 0.0685. The van der Waals surface area contributed by atoms with Crippen LogP contribution in [0.1, 0.15) is 30.4 Å². The predicted octanol–water partition coefficient (Wildman–Crippen LogP) is 3.14. The average Bonchev–Trinajstić information content (AvgIpc) is 2.93. The van der Waals surface area contributed by atoms with Crippen LogP contribution < -0.4 is 31.8 Å². The molecule has 0 bridgehead atoms. The van der Waals surface area contributed by atoms with E-state index in [9.17, 15) is 13.2 Å². The molecule has 0 aliphatic carbocycles. The van der Waals surface area contributed by atoms with Crippen LogP contribution >= 0.6 is 0 Å². The molecule has 2 aliphatic heterocycles. The third kappa shape index (κ3) is 4.24. The van der Waals surface area contributed by atoms with Gasteiger partial charge < -0.3 is 0 Å². The summed E-state index contributed by atoms with van der Waals surface area (Å²) in [4.78, 5) is 4.45. The molecule has 1 unspecified atom stereocenters. The van der Waals surface area contributed by atoms with Gasteiger partial charge in [0.15, 0.2) is 0 Å². The van der Waals surface area contributed by atoms with E-state index < -0.39 is 11.7 Å². The summed E-state index contributed by atoms with van der Waals surface area (Å²) in [7, 11) is 0. The molecule has 3 nitrogen and oxygen atoms in total. The Morgan fingerprint density at radius 3 is 2.77 bits per heavy atom. The number of aromatic nitrogens is 1. The van der Waals surface area contributed by atoms with Crippen molar-refractivity contribution in [3.8, 4) is 0 Å². The number of allylic oxidation sites excluding steroid dienone is 1. The first kappa shape index (κ1) is 20.6. The first-order chi connectivity index (χ1) is 14.9. The standard InChI is InChI=1S/C24H22F3IN3/c25-24(26,27)18-6-8-20-17(4-2-12-30-22(20)13-18)15-23(9-10-28-23)31-19-7-5-16-3-1-11-29-21(16)14-19/h1,3,5-8,11,13-15,30-31H,2,4,9-10,12H2/q-1/b17-15+. The third-order valence-corrected chi connectivity index (χ3v) is 9.34. The van der Waals surface area contributed by atoms with Gasteiger partial charge in [-0.2, -0.15) is 0 Å². The van der Waals surface area contributed by atoms with Crippen LogP contribution in [0.5, 0.6) is 0 Å². The monoisotopic (exact) mass is 536 g/mol. The Labute approximate surface area is 189 Å². The molecule has 1 atom stereocenters. The normalized spacial score (nSPS) is 22.6. The number of pyridine rings is 1. The first-order valence-corrected chi connectivity index (χ1v) is 12.9. The molecule has 0 radical (unpaired) electrons.